The number of aromatic carboxylic acids is 1. The maximum Gasteiger partial charge on any atom is 0.375 e. The smallest absolute Gasteiger partial charge is 0.375 e. The molecule has 0 fully saturated rings. The standard InChI is InChI=1S/C12H11BrFN3O2/c1-2-3-10-15-11(12(18)19)16-17(10)7-4-5-8(13)9(14)6-7/h4-6H,2-3H2,1H3,(H,18,19). The van der Waals surface area contributed by atoms with E-state index in [1.54, 1.807) is 12.1 Å². The number of halogens is 2. The molecule has 0 bridgehead atoms. The lowest BCUT2D eigenvalue weighted by molar-refractivity contribution is 0.0683. The Kier molecular flexibility index (Phi) is 3.94. The number of rotatable bonds is 4. The van der Waals surface area contributed by atoms with E-state index >= 15 is 0 Å². The van der Waals surface area contributed by atoms with Crippen molar-refractivity contribution in [1.29, 1.82) is 0 Å². The van der Waals surface area contributed by atoms with Crippen molar-refractivity contribution in [3.05, 3.63) is 40.1 Å². The number of aryl methyl sites for hydroxylation is 1. The van der Waals surface area contributed by atoms with Gasteiger partial charge in [-0.3, -0.25) is 0 Å². The van der Waals surface area contributed by atoms with Gasteiger partial charge in [0.25, 0.3) is 5.82 Å². The van der Waals surface area contributed by atoms with Crippen LogP contribution in [0.25, 0.3) is 5.69 Å². The molecule has 19 heavy (non-hydrogen) atoms. The Morgan fingerprint density at radius 1 is 1.53 bits per heavy atom. The topological polar surface area (TPSA) is 68.0 Å². The summed E-state index contributed by atoms with van der Waals surface area (Å²) in [5.74, 6) is -1.42. The van der Waals surface area contributed by atoms with Gasteiger partial charge in [0.15, 0.2) is 0 Å². The van der Waals surface area contributed by atoms with Crippen LogP contribution in [0, 0.1) is 5.82 Å². The number of hydrogen-bond acceptors (Lipinski definition) is 3. The summed E-state index contributed by atoms with van der Waals surface area (Å²) in [6.45, 7) is 1.95. The molecular weight excluding hydrogens is 317 g/mol. The Bertz CT molecular complexity index is 627. The molecule has 0 radical (unpaired) electrons. The lowest BCUT2D eigenvalue weighted by Crippen LogP contribution is -2.04. The van der Waals surface area contributed by atoms with Crippen molar-refractivity contribution in [2.75, 3.05) is 0 Å². The van der Waals surface area contributed by atoms with E-state index in [9.17, 15) is 9.18 Å². The van der Waals surface area contributed by atoms with Crippen LogP contribution in [-0.2, 0) is 6.42 Å². The number of nitrogens with zero attached hydrogens (tertiary/aromatic N) is 3. The average molecular weight is 328 g/mol. The summed E-state index contributed by atoms with van der Waals surface area (Å²) in [6.07, 6.45) is 1.36. The fourth-order valence-electron chi connectivity index (χ4n) is 1.64. The zero-order chi connectivity index (χ0) is 14.0. The molecule has 0 aliphatic heterocycles. The van der Waals surface area contributed by atoms with Crippen molar-refractivity contribution in [2.24, 2.45) is 0 Å². The molecule has 0 aliphatic rings. The molecule has 0 saturated heterocycles. The number of hydrogen-bond donors (Lipinski definition) is 1. The Morgan fingerprint density at radius 3 is 2.84 bits per heavy atom. The molecule has 0 amide bonds. The first-order valence-electron chi connectivity index (χ1n) is 5.67. The van der Waals surface area contributed by atoms with Crippen LogP contribution in [0.1, 0.15) is 29.8 Å². The van der Waals surface area contributed by atoms with Crippen molar-refractivity contribution < 1.29 is 14.3 Å². The predicted octanol–water partition coefficient (Wildman–Crippen LogP) is 2.82. The highest BCUT2D eigenvalue weighted by Gasteiger charge is 2.16. The van der Waals surface area contributed by atoms with E-state index < -0.39 is 11.8 Å². The SMILES string of the molecule is CCCc1nc(C(=O)O)nn1-c1ccc(Br)c(F)c1. The number of carboxylic acid groups (broad SMARTS) is 1. The van der Waals surface area contributed by atoms with Crippen LogP contribution in [0.5, 0.6) is 0 Å². The van der Waals surface area contributed by atoms with E-state index in [0.29, 0.717) is 22.4 Å². The van der Waals surface area contributed by atoms with Gasteiger partial charge in [-0.2, -0.15) is 0 Å². The fourth-order valence-corrected chi connectivity index (χ4v) is 1.89. The number of benzene rings is 1. The third kappa shape index (κ3) is 2.81. The summed E-state index contributed by atoms with van der Waals surface area (Å²) in [7, 11) is 0. The second-order valence-corrected chi connectivity index (χ2v) is 4.77. The number of carbonyl (C=O) groups is 1. The van der Waals surface area contributed by atoms with Crippen molar-refractivity contribution in [1.82, 2.24) is 14.8 Å². The normalized spacial score (nSPS) is 10.7. The van der Waals surface area contributed by atoms with Gasteiger partial charge in [0.2, 0.25) is 0 Å². The first kappa shape index (κ1) is 13.7. The molecule has 2 aromatic rings. The molecule has 1 N–H and O–H groups in total. The van der Waals surface area contributed by atoms with E-state index in [4.69, 9.17) is 5.11 Å². The van der Waals surface area contributed by atoms with Crippen LogP contribution in [0.15, 0.2) is 22.7 Å². The van der Waals surface area contributed by atoms with Gasteiger partial charge in [-0.25, -0.2) is 18.9 Å². The summed E-state index contributed by atoms with van der Waals surface area (Å²) < 4.78 is 15.2. The van der Waals surface area contributed by atoms with Crippen LogP contribution >= 0.6 is 15.9 Å². The Hall–Kier alpha value is -1.76. The van der Waals surface area contributed by atoms with Gasteiger partial charge in [0.1, 0.15) is 11.6 Å². The molecule has 2 rings (SSSR count). The highest BCUT2D eigenvalue weighted by Crippen LogP contribution is 2.19. The minimum Gasteiger partial charge on any atom is -0.475 e. The third-order valence-corrected chi connectivity index (χ3v) is 3.13. The van der Waals surface area contributed by atoms with Gasteiger partial charge in [-0.15, -0.1) is 5.10 Å². The number of aromatic nitrogens is 3. The molecule has 0 unspecified atom stereocenters. The van der Waals surface area contributed by atoms with Gasteiger partial charge < -0.3 is 5.11 Å². The van der Waals surface area contributed by atoms with E-state index in [1.165, 1.54) is 10.7 Å². The maximum absolute atomic E-state index is 13.5. The highest BCUT2D eigenvalue weighted by molar-refractivity contribution is 9.10. The molecule has 0 atom stereocenters. The molecule has 1 heterocycles. The minimum atomic E-state index is -1.20. The van der Waals surface area contributed by atoms with Gasteiger partial charge in [0, 0.05) is 12.5 Å². The van der Waals surface area contributed by atoms with Gasteiger partial charge in [-0.05, 0) is 34.5 Å². The fraction of sp³-hybridized carbons (Fsp3) is 0.250. The summed E-state index contributed by atoms with van der Waals surface area (Å²) >= 11 is 3.07. The monoisotopic (exact) mass is 327 g/mol. The van der Waals surface area contributed by atoms with Crippen LogP contribution < -0.4 is 0 Å². The van der Waals surface area contributed by atoms with Gasteiger partial charge in [-0.1, -0.05) is 6.92 Å². The summed E-state index contributed by atoms with van der Waals surface area (Å²) in [5, 5.41) is 12.8. The first-order chi connectivity index (χ1) is 9.02. The quantitative estimate of drug-likeness (QED) is 0.937. The zero-order valence-electron chi connectivity index (χ0n) is 10.1. The third-order valence-electron chi connectivity index (χ3n) is 2.49. The average Bonchev–Trinajstić information content (AvgIpc) is 2.77. The van der Waals surface area contributed by atoms with Crippen LogP contribution in [0.3, 0.4) is 0 Å². The van der Waals surface area contributed by atoms with E-state index in [-0.39, 0.29) is 5.82 Å². The molecule has 0 spiro atoms. The van der Waals surface area contributed by atoms with Crippen molar-refractivity contribution in [3.63, 3.8) is 0 Å². The molecule has 1 aromatic carbocycles. The lowest BCUT2D eigenvalue weighted by Gasteiger charge is -2.05. The van der Waals surface area contributed by atoms with Crippen LogP contribution in [0.4, 0.5) is 4.39 Å². The molecule has 7 heteroatoms. The molecule has 0 aliphatic carbocycles. The second-order valence-electron chi connectivity index (χ2n) is 3.92. The second kappa shape index (κ2) is 5.48. The van der Waals surface area contributed by atoms with Crippen LogP contribution in [0.2, 0.25) is 0 Å². The largest absolute Gasteiger partial charge is 0.475 e. The molecule has 100 valence electrons. The highest BCUT2D eigenvalue weighted by atomic mass is 79.9. The minimum absolute atomic E-state index is 0.285. The summed E-state index contributed by atoms with van der Waals surface area (Å²) in [6, 6.07) is 4.47. The van der Waals surface area contributed by atoms with Crippen LogP contribution in [-0.4, -0.2) is 25.8 Å². The summed E-state index contributed by atoms with van der Waals surface area (Å²) in [4.78, 5) is 14.8. The molecule has 1 aromatic heterocycles. The van der Waals surface area contributed by atoms with Gasteiger partial charge >= 0.3 is 5.97 Å². The maximum atomic E-state index is 13.5. The molecule has 5 nitrogen and oxygen atoms in total. The predicted molar refractivity (Wildman–Crippen MR) is 70.0 cm³/mol. The van der Waals surface area contributed by atoms with E-state index in [1.807, 2.05) is 6.92 Å². The van der Waals surface area contributed by atoms with E-state index in [2.05, 4.69) is 26.0 Å². The zero-order valence-corrected chi connectivity index (χ0v) is 11.7. The van der Waals surface area contributed by atoms with Gasteiger partial charge in [0.05, 0.1) is 10.2 Å². The van der Waals surface area contributed by atoms with Crippen molar-refractivity contribution in [2.45, 2.75) is 19.8 Å². The lowest BCUT2D eigenvalue weighted by atomic mass is 10.3. The van der Waals surface area contributed by atoms with Crippen molar-refractivity contribution >= 4 is 21.9 Å². The van der Waals surface area contributed by atoms with E-state index in [0.717, 1.165) is 6.42 Å². The molecule has 0 saturated carbocycles. The Balaban J connectivity index is 2.52. The molecular formula is C12H11BrFN3O2. The van der Waals surface area contributed by atoms with Crippen molar-refractivity contribution in [3.8, 4) is 5.69 Å². The Morgan fingerprint density at radius 2 is 2.26 bits per heavy atom. The Labute approximate surface area is 117 Å². The summed E-state index contributed by atoms with van der Waals surface area (Å²) in [5.41, 5.74) is 0.448. The number of carboxylic acids is 1. The first-order valence-corrected chi connectivity index (χ1v) is 6.47.